The molecule has 0 radical (unpaired) electrons. The number of nitrogens with one attached hydrogen (secondary N) is 1. The molecule has 2 aromatic heterocycles. The highest BCUT2D eigenvalue weighted by atomic mass is 35.5. The van der Waals surface area contributed by atoms with Crippen molar-refractivity contribution >= 4 is 17.4 Å². The van der Waals surface area contributed by atoms with Gasteiger partial charge < -0.3 is 19.7 Å². The zero-order valence-electron chi connectivity index (χ0n) is 17.5. The van der Waals surface area contributed by atoms with Gasteiger partial charge in [-0.3, -0.25) is 4.98 Å². The molecule has 8 heteroatoms. The number of pyridine rings is 2. The van der Waals surface area contributed by atoms with E-state index in [0.717, 1.165) is 24.1 Å². The van der Waals surface area contributed by atoms with Gasteiger partial charge in [0.05, 0.1) is 25.0 Å². The average Bonchev–Trinajstić information content (AvgIpc) is 2.77. The number of nitrogens with zero attached hydrogens (tertiary/aromatic N) is 3. The fourth-order valence-electron chi connectivity index (χ4n) is 3.38. The van der Waals surface area contributed by atoms with Crippen molar-refractivity contribution in [3.63, 3.8) is 0 Å². The summed E-state index contributed by atoms with van der Waals surface area (Å²) in [6.07, 6.45) is 4.33. The summed E-state index contributed by atoms with van der Waals surface area (Å²) in [7, 11) is 4.06. The van der Waals surface area contributed by atoms with Crippen LogP contribution in [0, 0.1) is 5.82 Å². The first-order chi connectivity index (χ1) is 15.0. The first-order valence-electron chi connectivity index (χ1n) is 10.1. The normalized spacial score (nSPS) is 12.8. The minimum Gasteiger partial charge on any atom is -0.492 e. The predicted molar refractivity (Wildman–Crippen MR) is 121 cm³/mol. The molecule has 4 rings (SSSR count). The van der Waals surface area contributed by atoms with Crippen molar-refractivity contribution in [1.29, 1.82) is 0 Å². The lowest BCUT2D eigenvalue weighted by Crippen LogP contribution is -2.20. The third-order valence-electron chi connectivity index (χ3n) is 4.86. The summed E-state index contributed by atoms with van der Waals surface area (Å²) in [5.41, 5.74) is 2.35. The number of fused-ring (bicyclic) bond motifs is 1. The molecule has 162 valence electrons. The van der Waals surface area contributed by atoms with Crippen LogP contribution in [0.4, 0.5) is 10.2 Å². The standard InChI is InChI=1S/C23H24ClFN4O2/c1-29(2)7-3-8-30-17-10-15(13-26-14-17)18-12-21(19-11-16(24)4-5-20(19)25)28-23-22(18)31-9-6-27-23/h4-5,10-14H,3,6-9H2,1-2H3,(H,27,28). The average molecular weight is 443 g/mol. The highest BCUT2D eigenvalue weighted by Crippen LogP contribution is 2.41. The van der Waals surface area contributed by atoms with Gasteiger partial charge in [-0.05, 0) is 50.8 Å². The van der Waals surface area contributed by atoms with Crippen LogP contribution in [0.5, 0.6) is 11.5 Å². The maximum absolute atomic E-state index is 14.5. The molecule has 0 unspecified atom stereocenters. The van der Waals surface area contributed by atoms with E-state index in [4.69, 9.17) is 21.1 Å². The van der Waals surface area contributed by atoms with Crippen LogP contribution >= 0.6 is 11.6 Å². The van der Waals surface area contributed by atoms with Crippen LogP contribution in [0.25, 0.3) is 22.4 Å². The van der Waals surface area contributed by atoms with Gasteiger partial charge in [0.15, 0.2) is 11.6 Å². The molecule has 1 aliphatic rings. The molecule has 0 atom stereocenters. The van der Waals surface area contributed by atoms with Crippen molar-refractivity contribution in [1.82, 2.24) is 14.9 Å². The maximum Gasteiger partial charge on any atom is 0.170 e. The van der Waals surface area contributed by atoms with E-state index in [2.05, 4.69) is 20.2 Å². The van der Waals surface area contributed by atoms with Crippen LogP contribution in [0.15, 0.2) is 42.7 Å². The number of rotatable bonds is 7. The second kappa shape index (κ2) is 9.49. The molecule has 0 amide bonds. The molecule has 3 heterocycles. The van der Waals surface area contributed by atoms with Gasteiger partial charge in [0.1, 0.15) is 18.2 Å². The summed E-state index contributed by atoms with van der Waals surface area (Å²) in [6, 6.07) is 8.14. The smallest absolute Gasteiger partial charge is 0.170 e. The fraction of sp³-hybridized carbons (Fsp3) is 0.304. The van der Waals surface area contributed by atoms with Crippen molar-refractivity contribution in [2.75, 3.05) is 45.7 Å². The third kappa shape index (κ3) is 5.06. The molecule has 3 aromatic rings. The Morgan fingerprint density at radius 1 is 1.19 bits per heavy atom. The Kier molecular flexibility index (Phi) is 6.53. The molecule has 1 N–H and O–H groups in total. The van der Waals surface area contributed by atoms with Gasteiger partial charge >= 0.3 is 0 Å². The van der Waals surface area contributed by atoms with E-state index < -0.39 is 5.82 Å². The Hall–Kier alpha value is -2.90. The van der Waals surface area contributed by atoms with Gasteiger partial charge in [-0.25, -0.2) is 9.37 Å². The Morgan fingerprint density at radius 2 is 2.06 bits per heavy atom. The number of hydrogen-bond donors (Lipinski definition) is 1. The van der Waals surface area contributed by atoms with Crippen molar-refractivity contribution in [2.24, 2.45) is 0 Å². The van der Waals surface area contributed by atoms with Crippen LogP contribution in [-0.4, -0.2) is 55.3 Å². The third-order valence-corrected chi connectivity index (χ3v) is 5.10. The number of ether oxygens (including phenoxy) is 2. The monoisotopic (exact) mass is 442 g/mol. The lowest BCUT2D eigenvalue weighted by molar-refractivity contribution is 0.281. The van der Waals surface area contributed by atoms with E-state index in [1.54, 1.807) is 24.5 Å². The van der Waals surface area contributed by atoms with Gasteiger partial charge in [-0.1, -0.05) is 11.6 Å². The van der Waals surface area contributed by atoms with Gasteiger partial charge in [0.2, 0.25) is 0 Å². The molecule has 1 aliphatic heterocycles. The first kappa shape index (κ1) is 21.3. The van der Waals surface area contributed by atoms with E-state index in [0.29, 0.717) is 53.4 Å². The van der Waals surface area contributed by atoms with Gasteiger partial charge in [-0.2, -0.15) is 0 Å². The Balaban J connectivity index is 1.71. The zero-order valence-corrected chi connectivity index (χ0v) is 18.2. The summed E-state index contributed by atoms with van der Waals surface area (Å²) < 4.78 is 26.3. The van der Waals surface area contributed by atoms with Gasteiger partial charge in [-0.15, -0.1) is 0 Å². The molecule has 31 heavy (non-hydrogen) atoms. The molecule has 0 aliphatic carbocycles. The minimum atomic E-state index is -0.393. The fourth-order valence-corrected chi connectivity index (χ4v) is 3.56. The van der Waals surface area contributed by atoms with Crippen LogP contribution in [0.1, 0.15) is 6.42 Å². The van der Waals surface area contributed by atoms with Crippen LogP contribution in [0.3, 0.4) is 0 Å². The molecule has 0 spiro atoms. The number of hydrogen-bond acceptors (Lipinski definition) is 6. The second-order valence-corrected chi connectivity index (χ2v) is 7.98. The van der Waals surface area contributed by atoms with Crippen LogP contribution < -0.4 is 14.8 Å². The van der Waals surface area contributed by atoms with E-state index >= 15 is 0 Å². The maximum atomic E-state index is 14.5. The van der Waals surface area contributed by atoms with Crippen molar-refractivity contribution < 1.29 is 13.9 Å². The summed E-state index contributed by atoms with van der Waals surface area (Å²) >= 11 is 6.10. The van der Waals surface area contributed by atoms with E-state index in [9.17, 15) is 4.39 Å². The van der Waals surface area contributed by atoms with Crippen molar-refractivity contribution in [3.05, 3.63) is 53.6 Å². The predicted octanol–water partition coefficient (Wildman–Crippen LogP) is 4.74. The second-order valence-electron chi connectivity index (χ2n) is 7.55. The Bertz CT molecular complexity index is 1080. The number of anilines is 1. The minimum absolute atomic E-state index is 0.327. The first-order valence-corrected chi connectivity index (χ1v) is 10.5. The molecular formula is C23H24ClFN4O2. The number of halogens is 2. The highest BCUT2D eigenvalue weighted by molar-refractivity contribution is 6.30. The lowest BCUT2D eigenvalue weighted by atomic mass is 10.0. The molecule has 1 aromatic carbocycles. The number of aromatic nitrogens is 2. The van der Waals surface area contributed by atoms with Gasteiger partial charge in [0.25, 0.3) is 0 Å². The SMILES string of the molecule is CN(C)CCCOc1cncc(-c2cc(-c3cc(Cl)ccc3F)nc3c2OCCN3)c1. The summed E-state index contributed by atoms with van der Waals surface area (Å²) in [5.74, 6) is 1.45. The summed E-state index contributed by atoms with van der Waals surface area (Å²) in [4.78, 5) is 11.0. The van der Waals surface area contributed by atoms with Gasteiger partial charge in [0, 0.05) is 34.5 Å². The lowest BCUT2D eigenvalue weighted by Gasteiger charge is -2.22. The highest BCUT2D eigenvalue weighted by Gasteiger charge is 2.21. The molecule has 0 bridgehead atoms. The van der Waals surface area contributed by atoms with Crippen molar-refractivity contribution in [2.45, 2.75) is 6.42 Å². The largest absolute Gasteiger partial charge is 0.492 e. The van der Waals surface area contributed by atoms with E-state index in [-0.39, 0.29) is 0 Å². The molecule has 0 saturated carbocycles. The van der Waals surface area contributed by atoms with Crippen LogP contribution in [-0.2, 0) is 0 Å². The zero-order chi connectivity index (χ0) is 21.8. The molecule has 6 nitrogen and oxygen atoms in total. The molecule has 0 fully saturated rings. The van der Waals surface area contributed by atoms with Crippen molar-refractivity contribution in [3.8, 4) is 33.9 Å². The summed E-state index contributed by atoms with van der Waals surface area (Å²) in [5, 5.41) is 3.68. The topological polar surface area (TPSA) is 59.5 Å². The van der Waals surface area contributed by atoms with Crippen LogP contribution in [0.2, 0.25) is 5.02 Å². The number of benzene rings is 1. The molecular weight excluding hydrogens is 419 g/mol. The quantitative estimate of drug-likeness (QED) is 0.533. The van der Waals surface area contributed by atoms with E-state index in [1.165, 1.54) is 12.1 Å². The Morgan fingerprint density at radius 3 is 2.90 bits per heavy atom. The van der Waals surface area contributed by atoms with E-state index in [1.807, 2.05) is 20.2 Å². The Labute approximate surface area is 186 Å². The molecule has 0 saturated heterocycles. The summed E-state index contributed by atoms with van der Waals surface area (Å²) in [6.45, 7) is 2.67.